The van der Waals surface area contributed by atoms with Crippen LogP contribution < -0.4 is 14.8 Å². The van der Waals surface area contributed by atoms with Crippen molar-refractivity contribution in [2.75, 3.05) is 18.5 Å². The Morgan fingerprint density at radius 2 is 2.24 bits per heavy atom. The van der Waals surface area contributed by atoms with Gasteiger partial charge < -0.3 is 14.8 Å². The van der Waals surface area contributed by atoms with Crippen LogP contribution in [0.3, 0.4) is 0 Å². The van der Waals surface area contributed by atoms with Crippen LogP contribution in [-0.2, 0) is 6.54 Å². The third-order valence-corrected chi connectivity index (χ3v) is 3.24. The number of nitrogens with zero attached hydrogens (tertiary/aromatic N) is 1. The quantitative estimate of drug-likeness (QED) is 0.906. The molecule has 3 rings (SSSR count). The molecule has 1 aliphatic rings. The number of anilines is 1. The first kappa shape index (κ1) is 10.4. The van der Waals surface area contributed by atoms with Gasteiger partial charge in [0, 0.05) is 23.7 Å². The lowest BCUT2D eigenvalue weighted by Crippen LogP contribution is -2.17. The summed E-state index contributed by atoms with van der Waals surface area (Å²) in [6, 6.07) is 5.95. The third kappa shape index (κ3) is 2.19. The number of hydrogen-bond donors (Lipinski definition) is 1. The smallest absolute Gasteiger partial charge is 0.182 e. The summed E-state index contributed by atoms with van der Waals surface area (Å²) in [5.41, 5.74) is 1.09. The van der Waals surface area contributed by atoms with Crippen molar-refractivity contribution in [3.05, 3.63) is 35.3 Å². The molecule has 2 aromatic rings. The molecule has 0 atom stereocenters. The molecule has 4 nitrogen and oxygen atoms in total. The van der Waals surface area contributed by atoms with Crippen LogP contribution in [0.4, 0.5) is 5.13 Å². The van der Waals surface area contributed by atoms with Crippen molar-refractivity contribution < 1.29 is 9.47 Å². The summed E-state index contributed by atoms with van der Waals surface area (Å²) in [5, 5.41) is 6.13. The Morgan fingerprint density at radius 1 is 1.29 bits per heavy atom. The number of ether oxygens (including phenoxy) is 2. The van der Waals surface area contributed by atoms with Gasteiger partial charge in [0.25, 0.3) is 0 Å². The van der Waals surface area contributed by atoms with E-state index in [1.54, 1.807) is 17.5 Å². The molecule has 1 aliphatic heterocycles. The van der Waals surface area contributed by atoms with E-state index in [1.165, 1.54) is 0 Å². The molecule has 0 saturated carbocycles. The number of fused-ring (bicyclic) bond motifs is 1. The SMILES string of the molecule is c1cc(CNc2nccs2)c2c(c1)OCCO2. The van der Waals surface area contributed by atoms with E-state index in [9.17, 15) is 0 Å². The average molecular weight is 248 g/mol. The second-order valence-corrected chi connectivity index (χ2v) is 4.53. The van der Waals surface area contributed by atoms with Gasteiger partial charge >= 0.3 is 0 Å². The molecule has 0 amide bonds. The van der Waals surface area contributed by atoms with Crippen LogP contribution in [-0.4, -0.2) is 18.2 Å². The zero-order valence-electron chi connectivity index (χ0n) is 9.18. The van der Waals surface area contributed by atoms with Crippen molar-refractivity contribution in [2.24, 2.45) is 0 Å². The molecule has 0 radical (unpaired) electrons. The summed E-state index contributed by atoms with van der Waals surface area (Å²) in [5.74, 6) is 1.68. The second-order valence-electron chi connectivity index (χ2n) is 3.63. The summed E-state index contributed by atoms with van der Waals surface area (Å²) < 4.78 is 11.2. The monoisotopic (exact) mass is 248 g/mol. The van der Waals surface area contributed by atoms with Crippen LogP contribution in [0.5, 0.6) is 11.5 Å². The van der Waals surface area contributed by atoms with Crippen molar-refractivity contribution >= 4 is 16.5 Å². The molecule has 17 heavy (non-hydrogen) atoms. The van der Waals surface area contributed by atoms with Gasteiger partial charge in [-0.15, -0.1) is 11.3 Å². The number of benzene rings is 1. The van der Waals surface area contributed by atoms with Crippen LogP contribution in [0.2, 0.25) is 0 Å². The normalized spacial score (nSPS) is 13.4. The Morgan fingerprint density at radius 3 is 3.12 bits per heavy atom. The van der Waals surface area contributed by atoms with Crippen LogP contribution in [0.15, 0.2) is 29.8 Å². The lowest BCUT2D eigenvalue weighted by atomic mass is 10.2. The first-order chi connectivity index (χ1) is 8.43. The Kier molecular flexibility index (Phi) is 2.83. The van der Waals surface area contributed by atoms with Gasteiger partial charge in [-0.3, -0.25) is 0 Å². The second kappa shape index (κ2) is 4.63. The molecule has 0 bridgehead atoms. The molecule has 1 aromatic carbocycles. The standard InChI is InChI=1S/C12H12N2O2S/c1-2-9(8-14-12-13-4-7-17-12)11-10(3-1)15-5-6-16-11/h1-4,7H,5-6,8H2,(H,13,14). The van der Waals surface area contributed by atoms with Gasteiger partial charge in [-0.25, -0.2) is 4.98 Å². The highest BCUT2D eigenvalue weighted by Crippen LogP contribution is 2.33. The number of rotatable bonds is 3. The van der Waals surface area contributed by atoms with Crippen molar-refractivity contribution in [3.63, 3.8) is 0 Å². The summed E-state index contributed by atoms with van der Waals surface area (Å²) >= 11 is 1.59. The number of para-hydroxylation sites is 1. The fourth-order valence-corrected chi connectivity index (χ4v) is 2.28. The predicted molar refractivity (Wildman–Crippen MR) is 66.9 cm³/mol. The van der Waals surface area contributed by atoms with Gasteiger partial charge in [-0.05, 0) is 6.07 Å². The minimum Gasteiger partial charge on any atom is -0.486 e. The molecule has 2 heterocycles. The molecule has 1 N–H and O–H groups in total. The van der Waals surface area contributed by atoms with Crippen LogP contribution in [0.1, 0.15) is 5.56 Å². The molecular weight excluding hydrogens is 236 g/mol. The molecule has 0 aliphatic carbocycles. The van der Waals surface area contributed by atoms with E-state index in [2.05, 4.69) is 10.3 Å². The highest BCUT2D eigenvalue weighted by molar-refractivity contribution is 7.13. The molecule has 0 fully saturated rings. The highest BCUT2D eigenvalue weighted by atomic mass is 32.1. The summed E-state index contributed by atoms with van der Waals surface area (Å²) in [6.07, 6.45) is 1.78. The Balaban J connectivity index is 1.78. The van der Waals surface area contributed by atoms with E-state index in [1.807, 2.05) is 23.6 Å². The van der Waals surface area contributed by atoms with E-state index in [0.29, 0.717) is 19.8 Å². The maximum absolute atomic E-state index is 5.64. The van der Waals surface area contributed by atoms with E-state index >= 15 is 0 Å². The van der Waals surface area contributed by atoms with E-state index < -0.39 is 0 Å². The lowest BCUT2D eigenvalue weighted by molar-refractivity contribution is 0.170. The molecule has 88 valence electrons. The molecule has 0 spiro atoms. The molecule has 5 heteroatoms. The van der Waals surface area contributed by atoms with E-state index in [-0.39, 0.29) is 0 Å². The average Bonchev–Trinajstić information content (AvgIpc) is 2.89. The van der Waals surface area contributed by atoms with Gasteiger partial charge in [0.05, 0.1) is 0 Å². The van der Waals surface area contributed by atoms with Crippen molar-refractivity contribution in [3.8, 4) is 11.5 Å². The van der Waals surface area contributed by atoms with Crippen molar-refractivity contribution in [2.45, 2.75) is 6.54 Å². The first-order valence-electron chi connectivity index (χ1n) is 5.44. The highest BCUT2D eigenvalue weighted by Gasteiger charge is 2.15. The predicted octanol–water partition coefficient (Wildman–Crippen LogP) is 2.53. The maximum Gasteiger partial charge on any atom is 0.182 e. The fourth-order valence-electron chi connectivity index (χ4n) is 1.75. The number of hydrogen-bond acceptors (Lipinski definition) is 5. The maximum atomic E-state index is 5.64. The van der Waals surface area contributed by atoms with Crippen LogP contribution >= 0.6 is 11.3 Å². The van der Waals surface area contributed by atoms with Gasteiger partial charge in [0.1, 0.15) is 13.2 Å². The zero-order chi connectivity index (χ0) is 11.5. The van der Waals surface area contributed by atoms with Crippen molar-refractivity contribution in [1.82, 2.24) is 4.98 Å². The summed E-state index contributed by atoms with van der Waals surface area (Å²) in [7, 11) is 0. The zero-order valence-corrected chi connectivity index (χ0v) is 10.00. The number of nitrogens with one attached hydrogen (secondary N) is 1. The molecular formula is C12H12N2O2S. The minimum absolute atomic E-state index is 0.612. The first-order valence-corrected chi connectivity index (χ1v) is 6.32. The largest absolute Gasteiger partial charge is 0.486 e. The van der Waals surface area contributed by atoms with Gasteiger partial charge in [-0.2, -0.15) is 0 Å². The Bertz CT molecular complexity index is 499. The van der Waals surface area contributed by atoms with Crippen LogP contribution in [0, 0.1) is 0 Å². The van der Waals surface area contributed by atoms with Crippen molar-refractivity contribution in [1.29, 1.82) is 0 Å². The fraction of sp³-hybridized carbons (Fsp3) is 0.250. The molecule has 1 aromatic heterocycles. The van der Waals surface area contributed by atoms with E-state index in [0.717, 1.165) is 22.2 Å². The van der Waals surface area contributed by atoms with Gasteiger partial charge in [-0.1, -0.05) is 12.1 Å². The number of thiazole rings is 1. The molecule has 0 unspecified atom stereocenters. The Labute approximate surface area is 103 Å². The van der Waals surface area contributed by atoms with E-state index in [4.69, 9.17) is 9.47 Å². The summed E-state index contributed by atoms with van der Waals surface area (Å²) in [4.78, 5) is 4.18. The minimum atomic E-state index is 0.612. The van der Waals surface area contributed by atoms with Gasteiger partial charge in [0.2, 0.25) is 0 Å². The number of aromatic nitrogens is 1. The lowest BCUT2D eigenvalue weighted by Gasteiger charge is -2.20. The third-order valence-electron chi connectivity index (χ3n) is 2.51. The Hall–Kier alpha value is -1.75. The summed E-state index contributed by atoms with van der Waals surface area (Å²) in [6.45, 7) is 1.93. The molecule has 0 saturated heterocycles. The topological polar surface area (TPSA) is 43.4 Å². The van der Waals surface area contributed by atoms with Gasteiger partial charge in [0.15, 0.2) is 16.6 Å². The van der Waals surface area contributed by atoms with Crippen LogP contribution in [0.25, 0.3) is 0 Å².